The van der Waals surface area contributed by atoms with Crippen molar-refractivity contribution in [3.8, 4) is 11.5 Å². The zero-order valence-corrected chi connectivity index (χ0v) is 11.3. The van der Waals surface area contributed by atoms with Crippen LogP contribution in [0.3, 0.4) is 0 Å². The predicted octanol–water partition coefficient (Wildman–Crippen LogP) is 2.81. The van der Waals surface area contributed by atoms with Gasteiger partial charge in [0.05, 0.1) is 9.79 Å². The fraction of sp³-hybridized carbons (Fsp3) is 0. The molecule has 2 rings (SSSR count). The van der Waals surface area contributed by atoms with Crippen molar-refractivity contribution in [3.05, 3.63) is 48.5 Å². The van der Waals surface area contributed by atoms with Gasteiger partial charge in [0.2, 0.25) is 9.84 Å². The molecule has 0 spiro atoms. The third kappa shape index (κ3) is 2.92. The topological polar surface area (TPSA) is 80.7 Å². The highest BCUT2D eigenvalue weighted by Gasteiger charge is 2.17. The van der Waals surface area contributed by atoms with E-state index in [9.17, 15) is 13.0 Å². The number of aromatic hydroxyl groups is 1. The zero-order chi connectivity index (χ0) is 13.9. The molecule has 0 aliphatic heterocycles. The third-order valence-corrected chi connectivity index (χ3v) is 4.49. The lowest BCUT2D eigenvalue weighted by Gasteiger charge is -2.05. The summed E-state index contributed by atoms with van der Waals surface area (Å²) in [6, 6.07) is 10.8. The molecule has 0 heterocycles. The minimum atomic E-state index is -3.63. The minimum absolute atomic E-state index is 0.00264. The Morgan fingerprint density at radius 3 is 1.84 bits per heavy atom. The van der Waals surface area contributed by atoms with E-state index in [1.807, 2.05) is 0 Å². The number of phenols is 1. The molecule has 0 aliphatic carbocycles. The van der Waals surface area contributed by atoms with Gasteiger partial charge in [0.1, 0.15) is 11.5 Å². The van der Waals surface area contributed by atoms with Crippen molar-refractivity contribution < 1.29 is 22.6 Å². The van der Waals surface area contributed by atoms with E-state index in [1.54, 1.807) is 0 Å². The number of benzene rings is 2. The van der Waals surface area contributed by atoms with E-state index in [2.05, 4.69) is 4.52 Å². The Bertz CT molecular complexity index is 677. The van der Waals surface area contributed by atoms with Gasteiger partial charge in [0.15, 0.2) is 0 Å². The standard InChI is InChI=1S/C12H9O5PS/c13-9-1-5-11(6-2-9)19(15,16)12-7-3-10(4-8-12)17-18-14/h1-8,13H. The molecule has 0 unspecified atom stereocenters. The lowest BCUT2D eigenvalue weighted by molar-refractivity contribution is 0.475. The van der Waals surface area contributed by atoms with Crippen molar-refractivity contribution in [2.45, 2.75) is 9.79 Å². The monoisotopic (exact) mass is 296 g/mol. The fourth-order valence-corrected chi connectivity index (χ4v) is 2.95. The van der Waals surface area contributed by atoms with Crippen LogP contribution in [-0.4, -0.2) is 13.5 Å². The number of sulfone groups is 1. The van der Waals surface area contributed by atoms with Gasteiger partial charge in [-0.15, -0.1) is 0 Å². The van der Waals surface area contributed by atoms with Crippen molar-refractivity contribution in [2.75, 3.05) is 0 Å². The summed E-state index contributed by atoms with van der Waals surface area (Å²) in [6.07, 6.45) is 0. The second-order valence-corrected chi connectivity index (χ2v) is 5.92. The van der Waals surface area contributed by atoms with Crippen LogP contribution in [0.2, 0.25) is 0 Å². The van der Waals surface area contributed by atoms with E-state index in [0.717, 1.165) is 0 Å². The molecule has 5 nitrogen and oxygen atoms in total. The van der Waals surface area contributed by atoms with Gasteiger partial charge in [-0.3, -0.25) is 0 Å². The first-order valence-corrected chi connectivity index (χ1v) is 7.39. The molecule has 0 aromatic heterocycles. The summed E-state index contributed by atoms with van der Waals surface area (Å²) in [5.41, 5.74) is 0. The van der Waals surface area contributed by atoms with Gasteiger partial charge in [-0.2, -0.15) is 0 Å². The molecule has 0 amide bonds. The molecular formula is C12H9O5PS. The quantitative estimate of drug-likeness (QED) is 0.877. The Morgan fingerprint density at radius 2 is 1.37 bits per heavy atom. The van der Waals surface area contributed by atoms with Crippen LogP contribution >= 0.6 is 8.69 Å². The molecule has 0 radical (unpaired) electrons. The van der Waals surface area contributed by atoms with Crippen LogP contribution in [0, 0.1) is 0 Å². The highest BCUT2D eigenvalue weighted by Crippen LogP contribution is 2.25. The number of phenolic OH excluding ortho intramolecular Hbond substituents is 1. The smallest absolute Gasteiger partial charge is 0.395 e. The Kier molecular flexibility index (Phi) is 3.83. The molecule has 98 valence electrons. The van der Waals surface area contributed by atoms with Gasteiger partial charge in [0.25, 0.3) is 0 Å². The molecule has 0 atom stereocenters. The van der Waals surface area contributed by atoms with Crippen molar-refractivity contribution in [1.29, 1.82) is 0 Å². The van der Waals surface area contributed by atoms with Crippen molar-refractivity contribution in [3.63, 3.8) is 0 Å². The van der Waals surface area contributed by atoms with Crippen molar-refractivity contribution >= 4 is 18.5 Å². The Morgan fingerprint density at radius 1 is 0.895 bits per heavy atom. The van der Waals surface area contributed by atoms with E-state index in [1.165, 1.54) is 48.5 Å². The van der Waals surface area contributed by atoms with Crippen LogP contribution in [0.25, 0.3) is 0 Å². The minimum Gasteiger partial charge on any atom is -0.508 e. The number of hydrogen-bond acceptors (Lipinski definition) is 5. The molecule has 0 saturated carbocycles. The zero-order valence-electron chi connectivity index (χ0n) is 9.55. The fourth-order valence-electron chi connectivity index (χ4n) is 1.48. The van der Waals surface area contributed by atoms with Gasteiger partial charge in [-0.25, -0.2) is 13.0 Å². The SMILES string of the molecule is O=POc1ccc(S(=O)(=O)c2ccc(O)cc2)cc1. The summed E-state index contributed by atoms with van der Waals surface area (Å²) < 4.78 is 39.4. The van der Waals surface area contributed by atoms with Crippen LogP contribution < -0.4 is 4.52 Å². The lowest BCUT2D eigenvalue weighted by atomic mass is 10.3. The van der Waals surface area contributed by atoms with Crippen LogP contribution in [0.15, 0.2) is 58.3 Å². The summed E-state index contributed by atoms with van der Waals surface area (Å²) >= 11 is 0. The maximum atomic E-state index is 12.2. The van der Waals surface area contributed by atoms with E-state index in [0.29, 0.717) is 5.75 Å². The Balaban J connectivity index is 2.39. The molecule has 0 fully saturated rings. The third-order valence-electron chi connectivity index (χ3n) is 2.42. The number of rotatable bonds is 4. The largest absolute Gasteiger partial charge is 0.508 e. The summed E-state index contributed by atoms with van der Waals surface area (Å²) in [4.78, 5) is 0.175. The van der Waals surface area contributed by atoms with Gasteiger partial charge >= 0.3 is 8.69 Å². The second-order valence-electron chi connectivity index (χ2n) is 3.63. The van der Waals surface area contributed by atoms with Gasteiger partial charge in [-0.1, -0.05) is 0 Å². The maximum Gasteiger partial charge on any atom is 0.395 e. The second kappa shape index (κ2) is 5.38. The average Bonchev–Trinajstić information content (AvgIpc) is 2.40. The van der Waals surface area contributed by atoms with E-state index < -0.39 is 18.5 Å². The summed E-state index contributed by atoms with van der Waals surface area (Å²) in [6.45, 7) is 0. The number of hydrogen-bond donors (Lipinski definition) is 1. The molecule has 2 aromatic rings. The molecule has 2 aromatic carbocycles. The molecular weight excluding hydrogens is 287 g/mol. The van der Waals surface area contributed by atoms with Gasteiger partial charge < -0.3 is 9.63 Å². The molecule has 0 bridgehead atoms. The lowest BCUT2D eigenvalue weighted by Crippen LogP contribution is -2.01. The van der Waals surface area contributed by atoms with E-state index >= 15 is 0 Å². The first-order valence-electron chi connectivity index (χ1n) is 5.18. The molecule has 1 N–H and O–H groups in total. The van der Waals surface area contributed by atoms with Crippen LogP contribution in [0.4, 0.5) is 0 Å². The summed E-state index contributed by atoms with van der Waals surface area (Å²) in [5.74, 6) is 0.304. The first-order chi connectivity index (χ1) is 9.04. The highest BCUT2D eigenvalue weighted by molar-refractivity contribution is 7.91. The molecule has 19 heavy (non-hydrogen) atoms. The van der Waals surface area contributed by atoms with Crippen LogP contribution in [0.5, 0.6) is 11.5 Å². The van der Waals surface area contributed by atoms with E-state index in [-0.39, 0.29) is 15.5 Å². The van der Waals surface area contributed by atoms with Crippen LogP contribution in [0.1, 0.15) is 0 Å². The van der Waals surface area contributed by atoms with Crippen molar-refractivity contribution in [1.82, 2.24) is 0 Å². The normalized spacial score (nSPS) is 11.4. The molecule has 0 aliphatic rings. The average molecular weight is 296 g/mol. The van der Waals surface area contributed by atoms with Gasteiger partial charge in [0, 0.05) is 0 Å². The summed E-state index contributed by atoms with van der Waals surface area (Å²) in [5, 5.41) is 9.15. The van der Waals surface area contributed by atoms with Crippen molar-refractivity contribution in [2.24, 2.45) is 0 Å². The van der Waals surface area contributed by atoms with Crippen LogP contribution in [-0.2, 0) is 14.4 Å². The van der Waals surface area contributed by atoms with E-state index in [4.69, 9.17) is 5.11 Å². The maximum absolute atomic E-state index is 12.2. The summed E-state index contributed by atoms with van der Waals surface area (Å²) in [7, 11) is -4.13. The molecule has 0 saturated heterocycles. The Hall–Kier alpha value is -1.91. The predicted molar refractivity (Wildman–Crippen MR) is 68.2 cm³/mol. The molecule has 7 heteroatoms. The Labute approximate surface area is 111 Å². The first kappa shape index (κ1) is 13.5. The van der Waals surface area contributed by atoms with Gasteiger partial charge in [-0.05, 0) is 48.5 Å². The highest BCUT2D eigenvalue weighted by atomic mass is 32.2.